The number of nitrogens with one attached hydrogen (secondary N) is 5. The fourth-order valence-corrected chi connectivity index (χ4v) is 12.8. The normalized spacial score (nSPS) is 23.8. The van der Waals surface area contributed by atoms with Crippen LogP contribution in [0.3, 0.4) is 0 Å². The van der Waals surface area contributed by atoms with Crippen LogP contribution in [-0.2, 0) is 79.9 Å². The molecule has 2 aliphatic rings. The van der Waals surface area contributed by atoms with Gasteiger partial charge in [-0.05, 0) is 115 Å². The maximum atomic E-state index is 15.4. The molecule has 6 N–H and O–H groups in total. The maximum Gasteiger partial charge on any atom is 0.248 e. The van der Waals surface area contributed by atoms with Gasteiger partial charge in [0.25, 0.3) is 0 Å². The van der Waals surface area contributed by atoms with E-state index in [0.29, 0.717) is 56.3 Å². The first-order valence-corrected chi connectivity index (χ1v) is 37.3. The molecule has 10 atom stereocenters. The Kier molecular flexibility index (Phi) is 36.0. The number of likely N-dealkylation sites (N-methyl/N-ethyl adjacent to an activating group) is 5. The number of hydrogen-bond donors (Lipinski definition) is 6. The third kappa shape index (κ3) is 27.7. The van der Waals surface area contributed by atoms with Crippen molar-refractivity contribution >= 4 is 76.8 Å². The van der Waals surface area contributed by atoms with Crippen LogP contribution >= 0.6 is 0 Å². The average Bonchev–Trinajstić information content (AvgIpc) is 0.833. The molecule has 2 saturated heterocycles. The van der Waals surface area contributed by atoms with Gasteiger partial charge in [-0.3, -0.25) is 62.3 Å². The second kappa shape index (κ2) is 42.6. The zero-order valence-electron chi connectivity index (χ0n) is 65.7. The Balaban J connectivity index is 2.00. The molecule has 28 heteroatoms. The number of amides is 13. The molecule has 0 aromatic heterocycles. The summed E-state index contributed by atoms with van der Waals surface area (Å²) >= 11 is 0. The van der Waals surface area contributed by atoms with Crippen molar-refractivity contribution in [2.75, 3.05) is 87.7 Å². The van der Waals surface area contributed by atoms with Crippen LogP contribution in [0.2, 0.25) is 0 Å². The molecule has 13 amide bonds. The molecule has 0 aliphatic carbocycles. The van der Waals surface area contributed by atoms with Crippen molar-refractivity contribution in [1.82, 2.24) is 65.8 Å². The number of unbranched alkanes of at least 4 members (excludes halogenated alkanes) is 1. The van der Waals surface area contributed by atoms with Crippen LogP contribution < -0.4 is 26.6 Å². The number of nitrogens with zero attached hydrogens (tertiary/aromatic N) is 8. The molecule has 0 saturated carbocycles. The van der Waals surface area contributed by atoms with E-state index in [9.17, 15) is 33.9 Å². The van der Waals surface area contributed by atoms with Gasteiger partial charge in [0, 0.05) is 79.8 Å². The molecule has 0 bridgehead atoms. The lowest BCUT2D eigenvalue weighted by atomic mass is 9.97. The van der Waals surface area contributed by atoms with E-state index >= 15 is 33.6 Å². The maximum absolute atomic E-state index is 15.4. The highest BCUT2D eigenvalue weighted by molar-refractivity contribution is 6.00. The van der Waals surface area contributed by atoms with E-state index in [0.717, 1.165) is 26.0 Å². The summed E-state index contributed by atoms with van der Waals surface area (Å²) in [6.45, 7) is 20.8. The molecule has 2 heterocycles. The van der Waals surface area contributed by atoms with Crippen molar-refractivity contribution in [3.63, 3.8) is 0 Å². The minimum Gasteiger partial charge on any atom is -0.391 e. The first-order chi connectivity index (χ1) is 49.3. The first kappa shape index (κ1) is 88.9. The first-order valence-electron chi connectivity index (χ1n) is 37.3. The molecule has 4 rings (SSSR count). The highest BCUT2D eigenvalue weighted by Crippen LogP contribution is 2.22. The summed E-state index contributed by atoms with van der Waals surface area (Å²) in [4.78, 5) is 203. The topological polar surface area (TPSA) is 337 Å². The van der Waals surface area contributed by atoms with Crippen molar-refractivity contribution in [2.45, 2.75) is 233 Å². The molecule has 0 unspecified atom stereocenters. The van der Waals surface area contributed by atoms with Crippen molar-refractivity contribution in [3.8, 4) is 0 Å². The zero-order valence-corrected chi connectivity index (χ0v) is 65.7. The van der Waals surface area contributed by atoms with Gasteiger partial charge in [-0.15, -0.1) is 0 Å². The van der Waals surface area contributed by atoms with Crippen LogP contribution in [-0.4, -0.2) is 275 Å². The highest BCUT2D eigenvalue weighted by atomic mass is 16.5. The third-order valence-electron chi connectivity index (χ3n) is 19.1. The zero-order chi connectivity index (χ0) is 78.7. The van der Waals surface area contributed by atoms with Crippen molar-refractivity contribution in [1.29, 1.82) is 0 Å². The summed E-state index contributed by atoms with van der Waals surface area (Å²) in [6.07, 6.45) is 1.20. The molecule has 2 aliphatic heterocycles. The van der Waals surface area contributed by atoms with E-state index in [1.165, 1.54) is 63.8 Å². The number of rotatable bonds is 21. The van der Waals surface area contributed by atoms with Gasteiger partial charge in [-0.1, -0.05) is 122 Å². The van der Waals surface area contributed by atoms with E-state index in [1.807, 2.05) is 34.6 Å². The molecular weight excluding hydrogens is 1350 g/mol. The molecule has 2 aromatic carbocycles. The number of ether oxygens (including phenoxy) is 1. The molecule has 28 nitrogen and oxygen atoms in total. The smallest absolute Gasteiger partial charge is 0.248 e. The van der Waals surface area contributed by atoms with Crippen molar-refractivity contribution < 1.29 is 72.2 Å². The van der Waals surface area contributed by atoms with Gasteiger partial charge in [0.15, 0.2) is 0 Å². The highest BCUT2D eigenvalue weighted by Gasteiger charge is 2.43. The van der Waals surface area contributed by atoms with Gasteiger partial charge in [-0.25, -0.2) is 0 Å². The van der Waals surface area contributed by atoms with Crippen LogP contribution in [0, 0.1) is 17.8 Å². The van der Waals surface area contributed by atoms with E-state index in [4.69, 9.17) is 4.74 Å². The Morgan fingerprint density at radius 3 is 1.51 bits per heavy atom. The van der Waals surface area contributed by atoms with Crippen LogP contribution in [0.15, 0.2) is 60.7 Å². The largest absolute Gasteiger partial charge is 0.391 e. The number of aliphatic hydroxyl groups excluding tert-OH is 1. The van der Waals surface area contributed by atoms with E-state index in [1.54, 1.807) is 107 Å². The quantitative estimate of drug-likeness (QED) is 0.104. The van der Waals surface area contributed by atoms with Crippen LogP contribution in [0.5, 0.6) is 0 Å². The number of likely N-dealkylation sites (tertiary alicyclic amines) is 1. The van der Waals surface area contributed by atoms with Gasteiger partial charge in [0.2, 0.25) is 76.8 Å². The average molecular weight is 1470 g/mol. The number of benzene rings is 2. The van der Waals surface area contributed by atoms with E-state index < -0.39 is 176 Å². The predicted molar refractivity (Wildman–Crippen MR) is 399 cm³/mol. The Morgan fingerprint density at radius 2 is 1.01 bits per heavy atom. The van der Waals surface area contributed by atoms with Gasteiger partial charge >= 0.3 is 0 Å². The number of carbonyl (C=O) groups is 13. The van der Waals surface area contributed by atoms with Crippen LogP contribution in [0.25, 0.3) is 0 Å². The minimum atomic E-state index is -1.72. The number of hydrogen-bond acceptors (Lipinski definition) is 15. The lowest BCUT2D eigenvalue weighted by Gasteiger charge is -2.37. The van der Waals surface area contributed by atoms with E-state index in [2.05, 4.69) is 26.6 Å². The van der Waals surface area contributed by atoms with E-state index in [-0.39, 0.29) is 62.9 Å². The van der Waals surface area contributed by atoms with Gasteiger partial charge in [0.05, 0.1) is 32.2 Å². The second-order valence-corrected chi connectivity index (χ2v) is 30.6. The predicted octanol–water partition coefficient (Wildman–Crippen LogP) is 3.30. The molecule has 0 spiro atoms. The molecular formula is C77H123N13O15. The summed E-state index contributed by atoms with van der Waals surface area (Å²) in [5.41, 5.74) is 0.552. The molecule has 105 heavy (non-hydrogen) atoms. The Labute approximate surface area is 622 Å². The molecule has 2 aromatic rings. The molecule has 586 valence electrons. The summed E-state index contributed by atoms with van der Waals surface area (Å²) in [5, 5.41) is 25.4. The Hall–Kier alpha value is -8.53. The Bertz CT molecular complexity index is 3230. The summed E-state index contributed by atoms with van der Waals surface area (Å²) in [6, 6.07) is 4.76. The fourth-order valence-electron chi connectivity index (χ4n) is 12.8. The number of carbonyl (C=O) groups excluding carboxylic acids is 13. The van der Waals surface area contributed by atoms with Crippen LogP contribution in [0.4, 0.5) is 0 Å². The lowest BCUT2D eigenvalue weighted by molar-refractivity contribution is -0.151. The SMILES string of the molecule is CCCCN1CC(=O)N(C)[C@@H](Cc2ccccc2)C(=O)N[C@@H](COCC(=O)NC(C)(C)C)C(=O)N(C)[C@@H](CC(C)C)C(=O)N[C@@H]([C@@H](C)O)C(=O)N(CCC)CC(=O)N(C)[C@@H](Cc2ccccc2)C(=O)N(C)[C@@H](CC(C)C)C(=O)N[C@@H](CC(C)C)C(=O)N(C)[C@@H](C)C(=O)N[C@H](C(=O)N2CCCCC2)CC1=O. The number of aliphatic hydroxyl groups is 1. The number of piperidine rings is 1. The minimum absolute atomic E-state index is 0.0177. The van der Waals surface area contributed by atoms with Gasteiger partial charge in [0.1, 0.15) is 61.0 Å². The van der Waals surface area contributed by atoms with Gasteiger partial charge in [-0.2, -0.15) is 0 Å². The third-order valence-corrected chi connectivity index (χ3v) is 19.1. The molecule has 2 fully saturated rings. The standard InChI is InChI=1S/C77H123N13O15/c1-19-21-36-89-45-65(94)84(15)61(42-54-31-25-22-26-32-54)70(98)80-58(47-105-48-63(92)82-77(11,12)13)73(101)86(17)60(41-51(7)8)71(99)81-67(53(10)91)76(104)90(35-20-2)46-66(95)85(16)62(43-55-33-27-23-28-34-55)75(103)87(18)59(40-50(5)6)69(97)79-56(39-49(3)4)72(100)83(14)52(9)68(96)78-57(44-64(89)93)74(102)88-37-29-24-30-38-88/h22-23,25-28,31-34,49-53,56-62,67,91H,19-21,24,29-30,35-48H2,1-18H3,(H,78,96)(H,79,97)(H,80,98)(H,81,99)(H,82,92)/t52-,53+,56-,57-,58-,59-,60-,61-,62-,67-/m0/s1. The monoisotopic (exact) mass is 1470 g/mol. The summed E-state index contributed by atoms with van der Waals surface area (Å²) in [5.74, 6) is -10.4. The van der Waals surface area contributed by atoms with Crippen LogP contribution in [0.1, 0.15) is 165 Å². The van der Waals surface area contributed by atoms with Crippen molar-refractivity contribution in [2.24, 2.45) is 17.8 Å². The second-order valence-electron chi connectivity index (χ2n) is 30.6. The summed E-state index contributed by atoms with van der Waals surface area (Å²) < 4.78 is 5.89. The van der Waals surface area contributed by atoms with Crippen molar-refractivity contribution in [3.05, 3.63) is 71.8 Å². The molecule has 0 radical (unpaired) electrons. The fraction of sp³-hybridized carbons (Fsp3) is 0.675. The van der Waals surface area contributed by atoms with Gasteiger partial charge < -0.3 is 75.6 Å². The lowest BCUT2D eigenvalue weighted by Crippen LogP contribution is -2.62. The summed E-state index contributed by atoms with van der Waals surface area (Å²) in [7, 11) is 6.90. The Morgan fingerprint density at radius 1 is 0.533 bits per heavy atom.